The minimum atomic E-state index is -0.425. The van der Waals surface area contributed by atoms with Crippen LogP contribution in [0.2, 0.25) is 0 Å². The number of rotatable bonds is 3. The zero-order valence-electron chi connectivity index (χ0n) is 12.5. The third-order valence-corrected chi connectivity index (χ3v) is 4.94. The molecule has 2 saturated heterocycles. The number of thioether (sulfide) groups is 1. The van der Waals surface area contributed by atoms with Gasteiger partial charge in [-0.1, -0.05) is 0 Å². The minimum absolute atomic E-state index is 0.0897. The summed E-state index contributed by atoms with van der Waals surface area (Å²) in [7, 11) is 0. The zero-order chi connectivity index (χ0) is 16.2. The molecular weight excluding hydrogens is 314 g/mol. The van der Waals surface area contributed by atoms with E-state index in [9.17, 15) is 9.59 Å². The molecule has 0 saturated carbocycles. The number of ether oxygens (including phenoxy) is 1. The predicted molar refractivity (Wildman–Crippen MR) is 85.8 cm³/mol. The van der Waals surface area contributed by atoms with Crippen molar-refractivity contribution in [2.75, 3.05) is 24.7 Å². The molecule has 0 spiro atoms. The molecule has 1 aromatic carbocycles. The maximum Gasteiger partial charge on any atom is 0.338 e. The van der Waals surface area contributed by atoms with Crippen LogP contribution in [0.15, 0.2) is 24.3 Å². The Morgan fingerprint density at radius 1 is 1.35 bits per heavy atom. The van der Waals surface area contributed by atoms with Gasteiger partial charge in [0.05, 0.1) is 29.1 Å². The molecule has 2 aliphatic heterocycles. The summed E-state index contributed by atoms with van der Waals surface area (Å²) in [6.45, 7) is 1.27. The summed E-state index contributed by atoms with van der Waals surface area (Å²) in [6.07, 6.45) is 0.199. The highest BCUT2D eigenvalue weighted by atomic mass is 32.2. The van der Waals surface area contributed by atoms with E-state index in [1.165, 1.54) is 0 Å². The molecule has 0 bridgehead atoms. The fourth-order valence-corrected chi connectivity index (χ4v) is 3.64. The Morgan fingerprint density at radius 2 is 2.13 bits per heavy atom. The topological polar surface area (TPSA) is 82.4 Å². The molecule has 120 valence electrons. The van der Waals surface area contributed by atoms with Gasteiger partial charge in [-0.3, -0.25) is 4.79 Å². The van der Waals surface area contributed by atoms with Gasteiger partial charge >= 0.3 is 5.97 Å². The summed E-state index contributed by atoms with van der Waals surface area (Å²) in [5.41, 5.74) is 0.910. The second kappa shape index (κ2) is 7.02. The Balaban J connectivity index is 1.53. The van der Waals surface area contributed by atoms with Crippen LogP contribution in [0.4, 0.5) is 0 Å². The Kier molecular flexibility index (Phi) is 4.84. The van der Waals surface area contributed by atoms with E-state index in [0.717, 1.165) is 18.2 Å². The van der Waals surface area contributed by atoms with E-state index >= 15 is 0 Å². The molecule has 0 radical (unpaired) electrons. The van der Waals surface area contributed by atoms with Crippen molar-refractivity contribution >= 4 is 23.6 Å². The Hall–Kier alpha value is -2.04. The van der Waals surface area contributed by atoms with Crippen molar-refractivity contribution in [3.8, 4) is 6.07 Å². The summed E-state index contributed by atoms with van der Waals surface area (Å²) >= 11 is 1.75. The molecule has 2 fully saturated rings. The standard InChI is InChI=1S/C16H17N3O3S/c17-8-11-1-3-12(4-2-11)16(21)22-13-7-14(18-9-13)15(20)19-5-6-23-10-19/h1-4,13-14,18H,5-7,9-10H2/t13-,14-/m0/s1. The molecule has 1 amide bonds. The van der Waals surface area contributed by atoms with Gasteiger partial charge in [-0.25, -0.2) is 4.79 Å². The van der Waals surface area contributed by atoms with E-state index in [1.807, 2.05) is 11.0 Å². The molecule has 1 N–H and O–H groups in total. The van der Waals surface area contributed by atoms with Gasteiger partial charge in [0.25, 0.3) is 0 Å². The van der Waals surface area contributed by atoms with E-state index in [1.54, 1.807) is 36.0 Å². The van der Waals surface area contributed by atoms with Gasteiger partial charge in [0, 0.05) is 25.3 Å². The highest BCUT2D eigenvalue weighted by molar-refractivity contribution is 7.99. The van der Waals surface area contributed by atoms with Crippen LogP contribution in [0.3, 0.4) is 0 Å². The second-order valence-electron chi connectivity index (χ2n) is 5.55. The molecule has 2 heterocycles. The van der Waals surface area contributed by atoms with Crippen LogP contribution in [-0.2, 0) is 9.53 Å². The first-order valence-electron chi connectivity index (χ1n) is 7.48. The smallest absolute Gasteiger partial charge is 0.338 e. The normalized spacial score (nSPS) is 23.5. The molecule has 0 aromatic heterocycles. The van der Waals surface area contributed by atoms with Crippen LogP contribution in [-0.4, -0.2) is 53.6 Å². The number of benzene rings is 1. The average Bonchev–Trinajstić information content (AvgIpc) is 3.26. The zero-order valence-corrected chi connectivity index (χ0v) is 13.3. The van der Waals surface area contributed by atoms with E-state index < -0.39 is 5.97 Å². The van der Waals surface area contributed by atoms with E-state index in [0.29, 0.717) is 24.1 Å². The maximum absolute atomic E-state index is 12.3. The van der Waals surface area contributed by atoms with Crippen molar-refractivity contribution in [2.24, 2.45) is 0 Å². The number of nitrogens with zero attached hydrogens (tertiary/aromatic N) is 2. The molecule has 0 aliphatic carbocycles. The minimum Gasteiger partial charge on any atom is -0.457 e. The van der Waals surface area contributed by atoms with Crippen LogP contribution in [0, 0.1) is 11.3 Å². The highest BCUT2D eigenvalue weighted by Crippen LogP contribution is 2.19. The Bertz CT molecular complexity index is 635. The largest absolute Gasteiger partial charge is 0.457 e. The van der Waals surface area contributed by atoms with Crippen LogP contribution < -0.4 is 5.32 Å². The fraction of sp³-hybridized carbons (Fsp3) is 0.438. The lowest BCUT2D eigenvalue weighted by atomic mass is 10.1. The van der Waals surface area contributed by atoms with Crippen molar-refractivity contribution in [2.45, 2.75) is 18.6 Å². The maximum atomic E-state index is 12.3. The van der Waals surface area contributed by atoms with E-state index in [2.05, 4.69) is 5.32 Å². The number of amides is 1. The average molecular weight is 331 g/mol. The van der Waals surface area contributed by atoms with E-state index in [4.69, 9.17) is 10.00 Å². The number of carbonyl (C=O) groups excluding carboxylic acids is 2. The summed E-state index contributed by atoms with van der Waals surface area (Å²) in [5.74, 6) is 1.39. The number of nitrogens with one attached hydrogen (secondary N) is 1. The molecule has 3 rings (SSSR count). The van der Waals surface area contributed by atoms with Gasteiger partial charge in [0.1, 0.15) is 6.10 Å². The van der Waals surface area contributed by atoms with Gasteiger partial charge < -0.3 is 15.0 Å². The number of esters is 1. The third-order valence-electron chi connectivity index (χ3n) is 3.98. The van der Waals surface area contributed by atoms with Gasteiger partial charge in [-0.15, -0.1) is 11.8 Å². The lowest BCUT2D eigenvalue weighted by Crippen LogP contribution is -2.42. The number of hydrogen-bond acceptors (Lipinski definition) is 6. The molecule has 6 nitrogen and oxygen atoms in total. The summed E-state index contributed by atoms with van der Waals surface area (Å²) < 4.78 is 5.45. The van der Waals surface area contributed by atoms with Crippen LogP contribution in [0.25, 0.3) is 0 Å². The summed E-state index contributed by atoms with van der Waals surface area (Å²) in [4.78, 5) is 26.2. The van der Waals surface area contributed by atoms with Gasteiger partial charge in [0.15, 0.2) is 0 Å². The number of nitriles is 1. The Labute approximate surface area is 138 Å². The van der Waals surface area contributed by atoms with Crippen LogP contribution in [0.1, 0.15) is 22.3 Å². The van der Waals surface area contributed by atoms with Gasteiger partial charge in [0.2, 0.25) is 5.91 Å². The lowest BCUT2D eigenvalue weighted by Gasteiger charge is -2.19. The van der Waals surface area contributed by atoms with Crippen molar-refractivity contribution in [1.82, 2.24) is 10.2 Å². The quantitative estimate of drug-likeness (QED) is 0.832. The van der Waals surface area contributed by atoms with Crippen molar-refractivity contribution in [3.05, 3.63) is 35.4 Å². The molecular formula is C16H17N3O3S. The summed E-state index contributed by atoms with van der Waals surface area (Å²) in [5, 5.41) is 11.9. The predicted octanol–water partition coefficient (Wildman–Crippen LogP) is 0.978. The third kappa shape index (κ3) is 3.66. The van der Waals surface area contributed by atoms with Crippen molar-refractivity contribution in [3.63, 3.8) is 0 Å². The van der Waals surface area contributed by atoms with Crippen LogP contribution >= 0.6 is 11.8 Å². The molecule has 23 heavy (non-hydrogen) atoms. The molecule has 0 unspecified atom stereocenters. The number of carbonyl (C=O) groups is 2. The molecule has 2 atom stereocenters. The molecule has 2 aliphatic rings. The Morgan fingerprint density at radius 3 is 2.78 bits per heavy atom. The lowest BCUT2D eigenvalue weighted by molar-refractivity contribution is -0.131. The first kappa shape index (κ1) is 15.8. The van der Waals surface area contributed by atoms with Gasteiger partial charge in [-0.2, -0.15) is 5.26 Å². The first-order valence-corrected chi connectivity index (χ1v) is 8.64. The SMILES string of the molecule is N#Cc1ccc(C(=O)O[C@@H]2CN[C@H](C(=O)N3CCSC3)C2)cc1. The van der Waals surface area contributed by atoms with E-state index in [-0.39, 0.29) is 18.1 Å². The first-order chi connectivity index (χ1) is 11.2. The van der Waals surface area contributed by atoms with Gasteiger partial charge in [-0.05, 0) is 24.3 Å². The summed E-state index contributed by atoms with van der Waals surface area (Å²) in [6, 6.07) is 8.06. The monoisotopic (exact) mass is 331 g/mol. The van der Waals surface area contributed by atoms with Crippen molar-refractivity contribution in [1.29, 1.82) is 5.26 Å². The molecule has 1 aromatic rings. The second-order valence-corrected chi connectivity index (χ2v) is 6.63. The van der Waals surface area contributed by atoms with Crippen LogP contribution in [0.5, 0.6) is 0 Å². The number of hydrogen-bond donors (Lipinski definition) is 1. The van der Waals surface area contributed by atoms with Crippen molar-refractivity contribution < 1.29 is 14.3 Å². The highest BCUT2D eigenvalue weighted by Gasteiger charge is 2.35. The fourth-order valence-electron chi connectivity index (χ4n) is 2.69. The molecule has 7 heteroatoms.